The highest BCUT2D eigenvalue weighted by Crippen LogP contribution is 2.22. The second-order valence-corrected chi connectivity index (χ2v) is 5.86. The van der Waals surface area contributed by atoms with Crippen molar-refractivity contribution in [3.63, 3.8) is 0 Å². The van der Waals surface area contributed by atoms with Gasteiger partial charge in [0.05, 0.1) is 6.61 Å². The molecule has 0 unspecified atom stereocenters. The summed E-state index contributed by atoms with van der Waals surface area (Å²) < 4.78 is 5.14. The third-order valence-electron chi connectivity index (χ3n) is 3.39. The van der Waals surface area contributed by atoms with Crippen molar-refractivity contribution >= 4 is 12.0 Å². The first-order chi connectivity index (χ1) is 11.1. The zero-order chi connectivity index (χ0) is 16.7. The molecule has 2 aromatic rings. The largest absolute Gasteiger partial charge is 0.508 e. The van der Waals surface area contributed by atoms with Crippen LogP contribution in [0.25, 0.3) is 6.08 Å². The van der Waals surface area contributed by atoms with E-state index >= 15 is 0 Å². The van der Waals surface area contributed by atoms with E-state index in [1.54, 1.807) is 18.2 Å². The predicted molar refractivity (Wildman–Crippen MR) is 92.2 cm³/mol. The van der Waals surface area contributed by atoms with Crippen molar-refractivity contribution in [3.8, 4) is 5.75 Å². The highest BCUT2D eigenvalue weighted by molar-refractivity contribution is 5.87. The number of para-hydroxylation sites is 1. The van der Waals surface area contributed by atoms with E-state index in [4.69, 9.17) is 4.74 Å². The Hall–Kier alpha value is -2.55. The number of phenols is 1. The monoisotopic (exact) mass is 310 g/mol. The Morgan fingerprint density at radius 3 is 2.43 bits per heavy atom. The van der Waals surface area contributed by atoms with Gasteiger partial charge in [0.2, 0.25) is 0 Å². The van der Waals surface area contributed by atoms with Gasteiger partial charge in [-0.1, -0.05) is 56.3 Å². The van der Waals surface area contributed by atoms with Gasteiger partial charge in [-0.2, -0.15) is 0 Å². The molecule has 120 valence electrons. The van der Waals surface area contributed by atoms with Gasteiger partial charge in [-0.25, -0.2) is 4.79 Å². The highest BCUT2D eigenvalue weighted by Gasteiger charge is 2.05. The topological polar surface area (TPSA) is 46.5 Å². The summed E-state index contributed by atoms with van der Waals surface area (Å²) in [6.07, 6.45) is 3.82. The number of benzene rings is 2. The van der Waals surface area contributed by atoms with Crippen LogP contribution in [0.1, 0.15) is 30.5 Å². The molecule has 0 aromatic heterocycles. The molecule has 0 amide bonds. The van der Waals surface area contributed by atoms with E-state index in [2.05, 4.69) is 0 Å². The first-order valence-corrected chi connectivity index (χ1v) is 7.76. The van der Waals surface area contributed by atoms with Crippen LogP contribution in [0.2, 0.25) is 0 Å². The van der Waals surface area contributed by atoms with E-state index in [-0.39, 0.29) is 11.7 Å². The van der Waals surface area contributed by atoms with Gasteiger partial charge in [-0.15, -0.1) is 0 Å². The molecule has 0 aliphatic rings. The van der Waals surface area contributed by atoms with Crippen LogP contribution < -0.4 is 0 Å². The lowest BCUT2D eigenvalue weighted by Gasteiger charge is -2.08. The van der Waals surface area contributed by atoms with Crippen LogP contribution in [-0.2, 0) is 16.0 Å². The molecule has 0 heterocycles. The summed E-state index contributed by atoms with van der Waals surface area (Å²) in [5.41, 5.74) is 2.84. The molecular formula is C20H22O3. The molecule has 2 rings (SSSR count). The fraction of sp³-hybridized carbons (Fsp3) is 0.250. The Bertz CT molecular complexity index is 687. The summed E-state index contributed by atoms with van der Waals surface area (Å²) in [5, 5.41) is 9.91. The maximum atomic E-state index is 11.7. The minimum absolute atomic E-state index is 0.280. The number of ether oxygens (including phenoxy) is 1. The summed E-state index contributed by atoms with van der Waals surface area (Å²) in [6, 6.07) is 15.1. The summed E-state index contributed by atoms with van der Waals surface area (Å²) in [4.78, 5) is 11.7. The van der Waals surface area contributed by atoms with Gasteiger partial charge in [0.15, 0.2) is 0 Å². The molecule has 0 spiro atoms. The standard InChI is InChI=1S/C20H22O3/c1-15(2)14-23-20(22)12-11-16-7-3-4-8-17(16)13-18-9-5-6-10-19(18)21/h3-12,15,21H,13-14H2,1-2H3/b12-11+. The lowest BCUT2D eigenvalue weighted by Crippen LogP contribution is -2.07. The van der Waals surface area contributed by atoms with E-state index in [1.807, 2.05) is 50.2 Å². The van der Waals surface area contributed by atoms with Crippen molar-refractivity contribution < 1.29 is 14.6 Å². The van der Waals surface area contributed by atoms with E-state index in [0.717, 1.165) is 16.7 Å². The summed E-state index contributed by atoms with van der Waals surface area (Å²) in [6.45, 7) is 4.42. The van der Waals surface area contributed by atoms with Gasteiger partial charge in [0, 0.05) is 12.5 Å². The molecule has 0 radical (unpaired) electrons. The van der Waals surface area contributed by atoms with Crippen LogP contribution in [0, 0.1) is 5.92 Å². The fourth-order valence-corrected chi connectivity index (χ4v) is 2.18. The third-order valence-corrected chi connectivity index (χ3v) is 3.39. The van der Waals surface area contributed by atoms with Crippen LogP contribution in [0.5, 0.6) is 5.75 Å². The van der Waals surface area contributed by atoms with E-state index < -0.39 is 0 Å². The first-order valence-electron chi connectivity index (χ1n) is 7.76. The van der Waals surface area contributed by atoms with Gasteiger partial charge in [0.1, 0.15) is 5.75 Å². The zero-order valence-corrected chi connectivity index (χ0v) is 13.5. The molecule has 23 heavy (non-hydrogen) atoms. The Kier molecular flexibility index (Phi) is 5.98. The molecule has 3 nitrogen and oxygen atoms in total. The maximum Gasteiger partial charge on any atom is 0.330 e. The average molecular weight is 310 g/mol. The maximum absolute atomic E-state index is 11.7. The number of carbonyl (C=O) groups is 1. The van der Waals surface area contributed by atoms with Gasteiger partial charge in [-0.05, 0) is 34.8 Å². The van der Waals surface area contributed by atoms with Crippen molar-refractivity contribution in [2.75, 3.05) is 6.61 Å². The Morgan fingerprint density at radius 2 is 1.74 bits per heavy atom. The van der Waals surface area contributed by atoms with Gasteiger partial charge < -0.3 is 9.84 Å². The summed E-state index contributed by atoms with van der Waals surface area (Å²) >= 11 is 0. The minimum atomic E-state index is -0.337. The summed E-state index contributed by atoms with van der Waals surface area (Å²) in [5.74, 6) is 0.263. The molecule has 0 aliphatic heterocycles. The number of hydrogen-bond acceptors (Lipinski definition) is 3. The van der Waals surface area contributed by atoms with Crippen molar-refractivity contribution in [1.82, 2.24) is 0 Å². The molecular weight excluding hydrogens is 288 g/mol. The lowest BCUT2D eigenvalue weighted by atomic mass is 9.99. The minimum Gasteiger partial charge on any atom is -0.508 e. The SMILES string of the molecule is CC(C)COC(=O)/C=C/c1ccccc1Cc1ccccc1O. The Labute approximate surface area is 137 Å². The molecule has 0 fully saturated rings. The zero-order valence-electron chi connectivity index (χ0n) is 13.5. The molecule has 1 N–H and O–H groups in total. The van der Waals surface area contributed by atoms with Gasteiger partial charge in [0.25, 0.3) is 0 Å². The van der Waals surface area contributed by atoms with E-state index in [0.29, 0.717) is 18.9 Å². The molecule has 0 saturated heterocycles. The highest BCUT2D eigenvalue weighted by atomic mass is 16.5. The number of hydrogen-bond donors (Lipinski definition) is 1. The van der Waals surface area contributed by atoms with Crippen molar-refractivity contribution in [2.45, 2.75) is 20.3 Å². The molecule has 0 aliphatic carbocycles. The second-order valence-electron chi connectivity index (χ2n) is 5.86. The van der Waals surface area contributed by atoms with Gasteiger partial charge in [-0.3, -0.25) is 0 Å². The number of aromatic hydroxyl groups is 1. The second kappa shape index (κ2) is 8.18. The van der Waals surface area contributed by atoms with E-state index in [9.17, 15) is 9.90 Å². The third kappa shape index (κ3) is 5.29. The molecule has 3 heteroatoms. The van der Waals surface area contributed by atoms with Crippen LogP contribution in [0.15, 0.2) is 54.6 Å². The van der Waals surface area contributed by atoms with Crippen molar-refractivity contribution in [3.05, 3.63) is 71.3 Å². The number of phenolic OH excluding ortho intramolecular Hbond substituents is 1. The molecule has 0 saturated carbocycles. The Balaban J connectivity index is 2.11. The number of esters is 1. The Morgan fingerprint density at radius 1 is 1.09 bits per heavy atom. The molecule has 2 aromatic carbocycles. The van der Waals surface area contributed by atoms with Crippen LogP contribution in [-0.4, -0.2) is 17.7 Å². The molecule has 0 atom stereocenters. The quantitative estimate of drug-likeness (QED) is 0.642. The fourth-order valence-electron chi connectivity index (χ4n) is 2.18. The predicted octanol–water partition coefficient (Wildman–Crippen LogP) is 4.20. The first kappa shape index (κ1) is 16.8. The average Bonchev–Trinajstić information content (AvgIpc) is 2.54. The number of rotatable bonds is 6. The van der Waals surface area contributed by atoms with Crippen molar-refractivity contribution in [1.29, 1.82) is 0 Å². The lowest BCUT2D eigenvalue weighted by molar-refractivity contribution is -0.138. The van der Waals surface area contributed by atoms with Crippen molar-refractivity contribution in [2.24, 2.45) is 5.92 Å². The van der Waals surface area contributed by atoms with Gasteiger partial charge >= 0.3 is 5.97 Å². The number of carbonyl (C=O) groups excluding carboxylic acids is 1. The molecule has 0 bridgehead atoms. The summed E-state index contributed by atoms with van der Waals surface area (Å²) in [7, 11) is 0. The van der Waals surface area contributed by atoms with E-state index in [1.165, 1.54) is 6.08 Å². The smallest absolute Gasteiger partial charge is 0.330 e. The van der Waals surface area contributed by atoms with Crippen LogP contribution in [0.3, 0.4) is 0 Å². The normalized spacial score (nSPS) is 11.1. The van der Waals surface area contributed by atoms with Crippen LogP contribution in [0.4, 0.5) is 0 Å². The van der Waals surface area contributed by atoms with Crippen LogP contribution >= 0.6 is 0 Å².